The first kappa shape index (κ1) is 11.7. The predicted octanol–water partition coefficient (Wildman–Crippen LogP) is 2.06. The van der Waals surface area contributed by atoms with Crippen molar-refractivity contribution in [3.8, 4) is 0 Å². The van der Waals surface area contributed by atoms with E-state index in [0.29, 0.717) is 13.0 Å². The largest absolute Gasteiger partial charge is 0.385 e. The van der Waals surface area contributed by atoms with Gasteiger partial charge in [0.15, 0.2) is 6.29 Å². The van der Waals surface area contributed by atoms with Gasteiger partial charge in [-0.25, -0.2) is 0 Å². The number of halogens is 1. The van der Waals surface area contributed by atoms with Crippen molar-refractivity contribution in [2.45, 2.75) is 12.7 Å². The molecular formula is C10H14INO2. The molecule has 0 aliphatic carbocycles. The van der Waals surface area contributed by atoms with Crippen LogP contribution in [0.5, 0.6) is 0 Å². The van der Waals surface area contributed by atoms with Gasteiger partial charge in [0.1, 0.15) is 0 Å². The van der Waals surface area contributed by atoms with Crippen LogP contribution < -0.4 is 5.32 Å². The van der Waals surface area contributed by atoms with E-state index in [0.717, 1.165) is 5.69 Å². The number of hydrogen-bond acceptors (Lipinski definition) is 3. The van der Waals surface area contributed by atoms with Crippen molar-refractivity contribution in [2.24, 2.45) is 0 Å². The van der Waals surface area contributed by atoms with Crippen LogP contribution in [0.2, 0.25) is 0 Å². The normalized spacial score (nSPS) is 12.5. The molecule has 0 aliphatic heterocycles. The third kappa shape index (κ3) is 4.26. The van der Waals surface area contributed by atoms with E-state index in [1.807, 2.05) is 24.3 Å². The van der Waals surface area contributed by atoms with E-state index in [1.165, 1.54) is 10.7 Å². The fourth-order valence-corrected chi connectivity index (χ4v) is 1.39. The summed E-state index contributed by atoms with van der Waals surface area (Å²) in [6.07, 6.45) is -0.0889. The lowest BCUT2D eigenvalue weighted by Crippen LogP contribution is -2.14. The summed E-state index contributed by atoms with van der Waals surface area (Å²) in [6.45, 7) is 0.704. The van der Waals surface area contributed by atoms with Crippen LogP contribution in [0, 0.1) is 3.57 Å². The highest BCUT2D eigenvalue weighted by Gasteiger charge is 1.99. The summed E-state index contributed by atoms with van der Waals surface area (Å²) in [5, 5.41) is 12.3. The van der Waals surface area contributed by atoms with Crippen molar-refractivity contribution >= 4 is 28.3 Å². The lowest BCUT2D eigenvalue weighted by Gasteiger charge is -2.09. The highest BCUT2D eigenvalue weighted by molar-refractivity contribution is 14.1. The number of aliphatic hydroxyl groups excluding tert-OH is 1. The standard InChI is InChI=1S/C10H14INO2/c1-14-10(13)6-7-12-9-4-2-8(11)3-5-9/h2-5,10,12-13H,6-7H2,1H3. The second kappa shape index (κ2) is 6.21. The maximum absolute atomic E-state index is 9.12. The molecule has 0 saturated carbocycles. The number of methoxy groups -OCH3 is 1. The van der Waals surface area contributed by atoms with E-state index in [9.17, 15) is 0 Å². The first-order chi connectivity index (χ1) is 6.72. The van der Waals surface area contributed by atoms with Crippen LogP contribution in [0.25, 0.3) is 0 Å². The molecule has 1 unspecified atom stereocenters. The molecular weight excluding hydrogens is 293 g/mol. The molecule has 0 radical (unpaired) electrons. The predicted molar refractivity (Wildman–Crippen MR) is 65.3 cm³/mol. The molecule has 78 valence electrons. The number of ether oxygens (including phenoxy) is 1. The van der Waals surface area contributed by atoms with E-state index in [2.05, 4.69) is 27.9 Å². The quantitative estimate of drug-likeness (QED) is 0.646. The Morgan fingerprint density at radius 1 is 1.43 bits per heavy atom. The monoisotopic (exact) mass is 307 g/mol. The SMILES string of the molecule is COC(O)CCNc1ccc(I)cc1. The summed E-state index contributed by atoms with van der Waals surface area (Å²) >= 11 is 2.26. The summed E-state index contributed by atoms with van der Waals surface area (Å²) in [5.41, 5.74) is 1.06. The van der Waals surface area contributed by atoms with Gasteiger partial charge in [0.2, 0.25) is 0 Å². The Hall–Kier alpha value is -0.330. The molecule has 2 N–H and O–H groups in total. The molecule has 4 heteroatoms. The minimum Gasteiger partial charge on any atom is -0.385 e. The van der Waals surface area contributed by atoms with Crippen LogP contribution >= 0.6 is 22.6 Å². The van der Waals surface area contributed by atoms with Crippen molar-refractivity contribution in [2.75, 3.05) is 19.0 Å². The minimum atomic E-state index is -0.675. The van der Waals surface area contributed by atoms with Gasteiger partial charge in [-0.1, -0.05) is 0 Å². The first-order valence-corrected chi connectivity index (χ1v) is 5.50. The molecule has 1 aromatic carbocycles. The molecule has 0 bridgehead atoms. The molecule has 3 nitrogen and oxygen atoms in total. The van der Waals surface area contributed by atoms with Crippen molar-refractivity contribution in [3.63, 3.8) is 0 Å². The molecule has 1 aromatic rings. The van der Waals surface area contributed by atoms with E-state index < -0.39 is 6.29 Å². The fourth-order valence-electron chi connectivity index (χ4n) is 1.03. The third-order valence-electron chi connectivity index (χ3n) is 1.84. The molecule has 0 aromatic heterocycles. The van der Waals surface area contributed by atoms with E-state index in [-0.39, 0.29) is 0 Å². The fraction of sp³-hybridized carbons (Fsp3) is 0.400. The average molecular weight is 307 g/mol. The van der Waals surface area contributed by atoms with Gasteiger partial charge in [0.05, 0.1) is 0 Å². The number of nitrogens with one attached hydrogen (secondary N) is 1. The Morgan fingerprint density at radius 3 is 2.64 bits per heavy atom. The van der Waals surface area contributed by atoms with E-state index in [4.69, 9.17) is 9.84 Å². The average Bonchev–Trinajstić information content (AvgIpc) is 2.21. The van der Waals surface area contributed by atoms with Gasteiger partial charge < -0.3 is 15.2 Å². The number of rotatable bonds is 5. The molecule has 0 fully saturated rings. The zero-order valence-electron chi connectivity index (χ0n) is 8.03. The van der Waals surface area contributed by atoms with E-state index >= 15 is 0 Å². The number of benzene rings is 1. The second-order valence-corrected chi connectivity index (χ2v) is 4.16. The Labute approximate surface area is 97.6 Å². The summed E-state index contributed by atoms with van der Waals surface area (Å²) in [7, 11) is 1.50. The van der Waals surface area contributed by atoms with Crippen LogP contribution in [0.4, 0.5) is 5.69 Å². The summed E-state index contributed by atoms with van der Waals surface area (Å²) in [5.74, 6) is 0. The van der Waals surface area contributed by atoms with E-state index in [1.54, 1.807) is 0 Å². The zero-order valence-corrected chi connectivity index (χ0v) is 10.2. The van der Waals surface area contributed by atoms with Crippen molar-refractivity contribution in [3.05, 3.63) is 27.8 Å². The summed E-state index contributed by atoms with van der Waals surface area (Å²) < 4.78 is 5.93. The van der Waals surface area contributed by atoms with Gasteiger partial charge in [-0.2, -0.15) is 0 Å². The molecule has 0 spiro atoms. The van der Waals surface area contributed by atoms with Crippen LogP contribution in [0.3, 0.4) is 0 Å². The lowest BCUT2D eigenvalue weighted by molar-refractivity contribution is -0.0756. The molecule has 14 heavy (non-hydrogen) atoms. The lowest BCUT2D eigenvalue weighted by atomic mass is 10.3. The van der Waals surface area contributed by atoms with Gasteiger partial charge in [0.25, 0.3) is 0 Å². The number of anilines is 1. The van der Waals surface area contributed by atoms with Gasteiger partial charge in [-0.15, -0.1) is 0 Å². The highest BCUT2D eigenvalue weighted by Crippen LogP contribution is 2.11. The van der Waals surface area contributed by atoms with Crippen molar-refractivity contribution in [1.29, 1.82) is 0 Å². The third-order valence-corrected chi connectivity index (χ3v) is 2.56. The van der Waals surface area contributed by atoms with Gasteiger partial charge in [0, 0.05) is 29.3 Å². The maximum Gasteiger partial charge on any atom is 0.155 e. The molecule has 0 amide bonds. The Morgan fingerprint density at radius 2 is 2.07 bits per heavy atom. The maximum atomic E-state index is 9.12. The van der Waals surface area contributed by atoms with Gasteiger partial charge >= 0.3 is 0 Å². The molecule has 1 rings (SSSR count). The molecule has 0 heterocycles. The molecule has 0 saturated heterocycles. The Balaban J connectivity index is 2.28. The number of hydrogen-bond donors (Lipinski definition) is 2. The first-order valence-electron chi connectivity index (χ1n) is 4.42. The number of aliphatic hydroxyl groups is 1. The minimum absolute atomic E-state index is 0.586. The van der Waals surface area contributed by atoms with Crippen LogP contribution in [-0.2, 0) is 4.74 Å². The second-order valence-electron chi connectivity index (χ2n) is 2.91. The van der Waals surface area contributed by atoms with Crippen molar-refractivity contribution < 1.29 is 9.84 Å². The molecule has 0 aliphatic rings. The van der Waals surface area contributed by atoms with Crippen LogP contribution in [0.1, 0.15) is 6.42 Å². The van der Waals surface area contributed by atoms with Gasteiger partial charge in [-0.3, -0.25) is 0 Å². The highest BCUT2D eigenvalue weighted by atomic mass is 127. The van der Waals surface area contributed by atoms with Crippen molar-refractivity contribution in [1.82, 2.24) is 0 Å². The molecule has 1 atom stereocenters. The van der Waals surface area contributed by atoms with Crippen LogP contribution in [-0.4, -0.2) is 25.1 Å². The van der Waals surface area contributed by atoms with Crippen LogP contribution in [0.15, 0.2) is 24.3 Å². The summed E-state index contributed by atoms with van der Waals surface area (Å²) in [6, 6.07) is 8.10. The zero-order chi connectivity index (χ0) is 10.4. The van der Waals surface area contributed by atoms with Gasteiger partial charge in [-0.05, 0) is 46.9 Å². The summed E-state index contributed by atoms with van der Waals surface area (Å²) in [4.78, 5) is 0. The Bertz CT molecular complexity index is 263. The smallest absolute Gasteiger partial charge is 0.155 e. The topological polar surface area (TPSA) is 41.5 Å². The Kier molecular flexibility index (Phi) is 5.21.